The molecule has 0 aliphatic rings. The molecule has 0 spiro atoms. The van der Waals surface area contributed by atoms with Crippen molar-refractivity contribution in [2.24, 2.45) is 5.92 Å². The third-order valence-electron chi connectivity index (χ3n) is 30.5. The Morgan fingerprint density at radius 2 is 0.238 bits per heavy atom. The standard InChI is InChI=1S/C130H252/c1-6-11-16-21-26-31-36-41-46-50-54-58-62-66-68-72-75-79-83-87-91-96-101-106-111-116-121-126-129(125-120-115-110-105-100-95-90-86-82-78-74-71-67-63-59-55-51-47-42-37-32-27-22-17-12-7-2)130(127-122-117-112-107-102-97-92-88-84-80-76-70-65-61-57-53-49-44-39-34-29-24-19-14-9-4)128(123-118-113-108-103-98-93-45-40-35-30-25-20-15-10-5)124-119-114-109-104-99-94-89-85-81-77-73-69-64-60-56-52-48-43-38-33-28-23-18-13-8-3/h118,120-123,125-128H,6-117,119,124H2,1-5H3. The number of unbranched alkanes of at least 4 members (excludes halogenated alkanes) is 108. The van der Waals surface area contributed by atoms with Crippen LogP contribution in [0.1, 0.15) is 767 Å². The van der Waals surface area contributed by atoms with Crippen molar-refractivity contribution in [2.75, 3.05) is 0 Å². The van der Waals surface area contributed by atoms with Gasteiger partial charge in [0.25, 0.3) is 0 Å². The molecule has 0 aliphatic carbocycles. The second-order valence-corrected chi connectivity index (χ2v) is 43.9. The van der Waals surface area contributed by atoms with Crippen LogP contribution < -0.4 is 0 Å². The van der Waals surface area contributed by atoms with Gasteiger partial charge in [0.2, 0.25) is 0 Å². The number of hydrogen-bond acceptors (Lipinski definition) is 0. The summed E-state index contributed by atoms with van der Waals surface area (Å²) in [5.41, 5.74) is 3.19. The van der Waals surface area contributed by atoms with Gasteiger partial charge in [-0.05, 0) is 68.9 Å². The number of rotatable bonds is 119. The molecule has 0 saturated carbocycles. The predicted molar refractivity (Wildman–Crippen MR) is 602 cm³/mol. The van der Waals surface area contributed by atoms with Crippen molar-refractivity contribution in [1.82, 2.24) is 0 Å². The minimum atomic E-state index is 0.495. The van der Waals surface area contributed by atoms with E-state index in [1.165, 1.54) is 732 Å². The Bertz CT molecular complexity index is 2090. The Labute approximate surface area is 826 Å². The average molecular weight is 1820 g/mol. The van der Waals surface area contributed by atoms with E-state index in [1.807, 2.05) is 0 Å². The lowest BCUT2D eigenvalue weighted by atomic mass is 9.87. The molecule has 0 heterocycles. The second kappa shape index (κ2) is 122. The number of hydrogen-bond donors (Lipinski definition) is 0. The lowest BCUT2D eigenvalue weighted by Gasteiger charge is -2.18. The van der Waals surface area contributed by atoms with Crippen LogP contribution in [0.15, 0.2) is 59.8 Å². The third-order valence-corrected chi connectivity index (χ3v) is 30.5. The van der Waals surface area contributed by atoms with Crippen LogP contribution in [0.4, 0.5) is 0 Å². The number of allylic oxidation sites excluding steroid dienone is 10. The van der Waals surface area contributed by atoms with Gasteiger partial charge in [-0.15, -0.1) is 0 Å². The lowest BCUT2D eigenvalue weighted by molar-refractivity contribution is 0.513. The predicted octanol–water partition coefficient (Wildman–Crippen LogP) is 49.7. The van der Waals surface area contributed by atoms with Gasteiger partial charge in [0.15, 0.2) is 0 Å². The largest absolute Gasteiger partial charge is 0.0879 e. The maximum atomic E-state index is 2.77. The van der Waals surface area contributed by atoms with Gasteiger partial charge in [-0.1, -0.05) is 757 Å². The summed E-state index contributed by atoms with van der Waals surface area (Å²) in [6.45, 7) is 11.7. The molecule has 0 fully saturated rings. The molecule has 0 rings (SSSR count). The maximum absolute atomic E-state index is 2.77. The summed E-state index contributed by atoms with van der Waals surface area (Å²) in [4.78, 5) is 0. The monoisotopic (exact) mass is 1810 g/mol. The highest BCUT2D eigenvalue weighted by Gasteiger charge is 2.14. The molecule has 0 aromatic rings. The lowest BCUT2D eigenvalue weighted by Crippen LogP contribution is -2.03. The fourth-order valence-electron chi connectivity index (χ4n) is 21.2. The molecule has 0 saturated heterocycles. The van der Waals surface area contributed by atoms with Gasteiger partial charge in [0, 0.05) is 5.92 Å². The molecule has 0 nitrogen and oxygen atoms in total. The zero-order valence-corrected chi connectivity index (χ0v) is 91.8. The molecule has 0 heteroatoms. The maximum Gasteiger partial charge on any atom is 0.00237 e. The van der Waals surface area contributed by atoms with Gasteiger partial charge in [0.05, 0.1) is 0 Å². The van der Waals surface area contributed by atoms with Crippen LogP contribution in [0.2, 0.25) is 0 Å². The fourth-order valence-corrected chi connectivity index (χ4v) is 21.2. The van der Waals surface area contributed by atoms with E-state index < -0.39 is 0 Å². The van der Waals surface area contributed by atoms with Crippen LogP contribution in [0, 0.1) is 5.92 Å². The Balaban J connectivity index is 6.08. The molecule has 0 aromatic heterocycles. The molecule has 0 aromatic carbocycles. The van der Waals surface area contributed by atoms with Crippen LogP contribution in [0.25, 0.3) is 0 Å². The molecule has 772 valence electrons. The average Bonchev–Trinajstić information content (AvgIpc) is 0.868. The summed E-state index contributed by atoms with van der Waals surface area (Å²) >= 11 is 0. The third kappa shape index (κ3) is 112. The molecule has 130 heavy (non-hydrogen) atoms. The van der Waals surface area contributed by atoms with Crippen molar-refractivity contribution in [2.45, 2.75) is 767 Å². The van der Waals surface area contributed by atoms with E-state index in [1.54, 1.807) is 11.1 Å². The van der Waals surface area contributed by atoms with Gasteiger partial charge < -0.3 is 0 Å². The Morgan fingerprint density at radius 3 is 0.385 bits per heavy atom. The van der Waals surface area contributed by atoms with Gasteiger partial charge in [-0.25, -0.2) is 0 Å². The smallest absolute Gasteiger partial charge is 0.00237 e. The zero-order valence-electron chi connectivity index (χ0n) is 91.8. The molecular weight excluding hydrogens is 1560 g/mol. The van der Waals surface area contributed by atoms with Crippen molar-refractivity contribution >= 4 is 0 Å². The van der Waals surface area contributed by atoms with Crippen molar-refractivity contribution in [1.29, 1.82) is 0 Å². The van der Waals surface area contributed by atoms with E-state index in [9.17, 15) is 0 Å². The van der Waals surface area contributed by atoms with Gasteiger partial charge in [0.1, 0.15) is 0 Å². The quantitative estimate of drug-likeness (QED) is 0.0323. The summed E-state index contributed by atoms with van der Waals surface area (Å²) in [5, 5.41) is 0. The van der Waals surface area contributed by atoms with Crippen molar-refractivity contribution in [3.63, 3.8) is 0 Å². The first-order chi connectivity index (χ1) is 64.7. The van der Waals surface area contributed by atoms with E-state index in [0.717, 1.165) is 0 Å². The molecular formula is C130H252. The highest BCUT2D eigenvalue weighted by Crippen LogP contribution is 2.31. The topological polar surface area (TPSA) is 0 Å². The van der Waals surface area contributed by atoms with Crippen molar-refractivity contribution in [3.8, 4) is 0 Å². The highest BCUT2D eigenvalue weighted by atomic mass is 14.2. The highest BCUT2D eigenvalue weighted by molar-refractivity contribution is 5.44. The van der Waals surface area contributed by atoms with Crippen LogP contribution >= 0.6 is 0 Å². The van der Waals surface area contributed by atoms with E-state index >= 15 is 0 Å². The molecule has 1 atom stereocenters. The van der Waals surface area contributed by atoms with Crippen molar-refractivity contribution in [3.05, 3.63) is 59.8 Å². The van der Waals surface area contributed by atoms with Crippen LogP contribution in [-0.4, -0.2) is 0 Å². The first kappa shape index (κ1) is 129. The summed E-state index contributed by atoms with van der Waals surface area (Å²) in [7, 11) is 0. The first-order valence-corrected chi connectivity index (χ1v) is 63.1. The van der Waals surface area contributed by atoms with E-state index in [-0.39, 0.29) is 0 Å². The molecule has 1 unspecified atom stereocenters. The van der Waals surface area contributed by atoms with Gasteiger partial charge >= 0.3 is 0 Å². The van der Waals surface area contributed by atoms with Crippen LogP contribution in [-0.2, 0) is 0 Å². The fraction of sp³-hybridized carbons (Fsp3) is 0.923. The van der Waals surface area contributed by atoms with Gasteiger partial charge in [-0.3, -0.25) is 0 Å². The summed E-state index contributed by atoms with van der Waals surface area (Å²) in [5.74, 6) is 0.495. The van der Waals surface area contributed by atoms with E-state index in [2.05, 4.69) is 83.2 Å². The Kier molecular flexibility index (Phi) is 121. The molecule has 0 bridgehead atoms. The second-order valence-electron chi connectivity index (χ2n) is 43.9. The Hall–Kier alpha value is -1.30. The minimum Gasteiger partial charge on any atom is -0.0879 e. The summed E-state index contributed by atoms with van der Waals surface area (Å²) in [6.07, 6.45) is 186. The SMILES string of the molecule is CCCCCCCCCCCCCCC=CC(CCCCCCCCCCCCCCCCCCCCCCCCCCC)C(C=CCCCCCCCCCCCCCCCCCCCCCCCCC)=C(C=CCCCCCCCCCCCCCCCCCCCCCCCCCC)C=CCCCCCCCCCCCCCCCCCCCCCCCCCCC. The van der Waals surface area contributed by atoms with Crippen LogP contribution in [0.5, 0.6) is 0 Å². The molecule has 0 aliphatic heterocycles. The van der Waals surface area contributed by atoms with Crippen LogP contribution in [0.3, 0.4) is 0 Å². The molecule has 0 radical (unpaired) electrons. The van der Waals surface area contributed by atoms with E-state index in [4.69, 9.17) is 0 Å². The normalized spacial score (nSPS) is 12.6. The molecule has 0 amide bonds. The summed E-state index contributed by atoms with van der Waals surface area (Å²) in [6, 6.07) is 0. The van der Waals surface area contributed by atoms with E-state index in [0.29, 0.717) is 5.92 Å². The Morgan fingerprint density at radius 1 is 0.123 bits per heavy atom. The first-order valence-electron chi connectivity index (χ1n) is 63.1. The van der Waals surface area contributed by atoms with Gasteiger partial charge in [-0.2, -0.15) is 0 Å². The minimum absolute atomic E-state index is 0.495. The van der Waals surface area contributed by atoms with Crippen molar-refractivity contribution < 1.29 is 0 Å². The summed E-state index contributed by atoms with van der Waals surface area (Å²) < 4.78 is 0. The molecule has 0 N–H and O–H groups in total. The zero-order chi connectivity index (χ0) is 93.0.